The van der Waals surface area contributed by atoms with Crippen LogP contribution in [0, 0.1) is 11.8 Å². The van der Waals surface area contributed by atoms with Crippen molar-refractivity contribution in [1.29, 1.82) is 0 Å². The summed E-state index contributed by atoms with van der Waals surface area (Å²) in [5.74, 6) is 2.20. The quantitative estimate of drug-likeness (QED) is 0.337. The maximum absolute atomic E-state index is 5.88. The average molecular weight is 385 g/mol. The molecule has 2 N–H and O–H groups in total. The number of ether oxygens (including phenoxy) is 3. The van der Waals surface area contributed by atoms with Gasteiger partial charge < -0.3 is 24.8 Å². The van der Waals surface area contributed by atoms with E-state index in [4.69, 9.17) is 14.2 Å². The molecule has 0 aromatic rings. The van der Waals surface area contributed by atoms with Gasteiger partial charge in [-0.25, -0.2) is 0 Å². The molecule has 2 aliphatic heterocycles. The molecule has 0 radical (unpaired) electrons. The summed E-state index contributed by atoms with van der Waals surface area (Å²) in [6.07, 6.45) is 3.46. The lowest BCUT2D eigenvalue weighted by molar-refractivity contribution is -0.0284. The average Bonchev–Trinajstić information content (AvgIpc) is 2.67. The highest BCUT2D eigenvalue weighted by molar-refractivity contribution is 5.79. The van der Waals surface area contributed by atoms with Crippen LogP contribution < -0.4 is 10.6 Å². The fraction of sp³-hybridized carbons (Fsp3) is 0.950. The summed E-state index contributed by atoms with van der Waals surface area (Å²) < 4.78 is 17.1. The van der Waals surface area contributed by atoms with Crippen LogP contribution in [0.3, 0.4) is 0 Å². The van der Waals surface area contributed by atoms with Crippen LogP contribution in [0.5, 0.6) is 0 Å². The van der Waals surface area contributed by atoms with E-state index in [0.717, 1.165) is 91.0 Å². The van der Waals surface area contributed by atoms with Gasteiger partial charge in [-0.1, -0.05) is 13.8 Å². The predicted octanol–water partition coefficient (Wildman–Crippen LogP) is 1.34. The minimum absolute atomic E-state index is 0.221. The number of hydrogen-bond donors (Lipinski definition) is 2. The number of nitrogens with one attached hydrogen (secondary N) is 2. The third-order valence-corrected chi connectivity index (χ3v) is 5.02. The molecule has 2 aliphatic rings. The molecule has 2 fully saturated rings. The largest absolute Gasteiger partial charge is 0.381 e. The van der Waals surface area contributed by atoms with Crippen molar-refractivity contribution in [3.8, 4) is 0 Å². The first-order valence-corrected chi connectivity index (χ1v) is 10.6. The summed E-state index contributed by atoms with van der Waals surface area (Å²) in [6, 6.07) is 0. The first kappa shape index (κ1) is 22.4. The van der Waals surface area contributed by atoms with Crippen molar-refractivity contribution in [2.75, 3.05) is 72.8 Å². The lowest BCUT2D eigenvalue weighted by Crippen LogP contribution is -2.50. The molecule has 2 heterocycles. The number of hydrogen-bond acceptors (Lipinski definition) is 5. The molecule has 0 spiro atoms. The lowest BCUT2D eigenvalue weighted by Gasteiger charge is -2.34. The molecule has 2 rings (SSSR count). The van der Waals surface area contributed by atoms with E-state index in [2.05, 4.69) is 34.4 Å². The Morgan fingerprint density at radius 3 is 2.78 bits per heavy atom. The van der Waals surface area contributed by atoms with Crippen molar-refractivity contribution in [2.45, 2.75) is 39.2 Å². The normalized spacial score (nSPS) is 23.0. The number of morpholine rings is 1. The molecule has 1 atom stereocenters. The van der Waals surface area contributed by atoms with Crippen LogP contribution in [0.2, 0.25) is 0 Å². The summed E-state index contributed by atoms with van der Waals surface area (Å²) >= 11 is 0. The zero-order valence-corrected chi connectivity index (χ0v) is 17.5. The molecule has 158 valence electrons. The van der Waals surface area contributed by atoms with E-state index >= 15 is 0 Å². The van der Waals surface area contributed by atoms with Crippen LogP contribution in [0.4, 0.5) is 0 Å². The second-order valence-corrected chi connectivity index (χ2v) is 8.01. The van der Waals surface area contributed by atoms with Gasteiger partial charge in [-0.3, -0.25) is 9.89 Å². The molecule has 0 aromatic heterocycles. The van der Waals surface area contributed by atoms with Crippen molar-refractivity contribution >= 4 is 5.96 Å². The van der Waals surface area contributed by atoms with Crippen molar-refractivity contribution in [1.82, 2.24) is 15.5 Å². The van der Waals surface area contributed by atoms with Gasteiger partial charge in [-0.15, -0.1) is 0 Å². The van der Waals surface area contributed by atoms with Crippen LogP contribution in [0.15, 0.2) is 4.99 Å². The smallest absolute Gasteiger partial charge is 0.191 e. The number of guanidine groups is 1. The minimum Gasteiger partial charge on any atom is -0.381 e. The van der Waals surface area contributed by atoms with Crippen molar-refractivity contribution < 1.29 is 14.2 Å². The minimum atomic E-state index is 0.221. The highest BCUT2D eigenvalue weighted by Gasteiger charge is 2.21. The van der Waals surface area contributed by atoms with Gasteiger partial charge in [0.2, 0.25) is 0 Å². The lowest BCUT2D eigenvalue weighted by atomic mass is 10.0. The Morgan fingerprint density at radius 1 is 1.22 bits per heavy atom. The zero-order chi connectivity index (χ0) is 19.3. The molecule has 1 unspecified atom stereocenters. The Morgan fingerprint density at radius 2 is 2.04 bits per heavy atom. The van der Waals surface area contributed by atoms with Gasteiger partial charge in [0.05, 0.1) is 12.7 Å². The Hall–Kier alpha value is -0.890. The van der Waals surface area contributed by atoms with Crippen LogP contribution in [0.25, 0.3) is 0 Å². The molecule has 0 bridgehead atoms. The van der Waals surface area contributed by atoms with E-state index in [1.807, 2.05) is 7.05 Å². The highest BCUT2D eigenvalue weighted by Crippen LogP contribution is 2.14. The Balaban J connectivity index is 1.51. The van der Waals surface area contributed by atoms with Gasteiger partial charge in [-0.05, 0) is 31.1 Å². The van der Waals surface area contributed by atoms with Crippen molar-refractivity contribution in [3.05, 3.63) is 0 Å². The Bertz CT molecular complexity index is 414. The van der Waals surface area contributed by atoms with Crippen molar-refractivity contribution in [2.24, 2.45) is 16.8 Å². The first-order chi connectivity index (χ1) is 13.2. The highest BCUT2D eigenvalue weighted by atomic mass is 16.5. The van der Waals surface area contributed by atoms with E-state index in [9.17, 15) is 0 Å². The number of nitrogens with zero attached hydrogens (tertiary/aromatic N) is 2. The number of aliphatic imine (C=N–C) groups is 1. The van der Waals surface area contributed by atoms with Gasteiger partial charge >= 0.3 is 0 Å². The zero-order valence-electron chi connectivity index (χ0n) is 17.5. The summed E-state index contributed by atoms with van der Waals surface area (Å²) in [5.41, 5.74) is 0. The first-order valence-electron chi connectivity index (χ1n) is 10.6. The van der Waals surface area contributed by atoms with Gasteiger partial charge in [0.15, 0.2) is 5.96 Å². The maximum Gasteiger partial charge on any atom is 0.191 e. The fourth-order valence-electron chi connectivity index (χ4n) is 3.56. The second-order valence-electron chi connectivity index (χ2n) is 8.01. The fourth-order valence-corrected chi connectivity index (χ4v) is 3.56. The standard InChI is InChI=1S/C20H40N4O3/c1-17(2)14-24-8-12-27-19(15-24)13-23-20(21-3)22-7-4-9-26-16-18-5-10-25-11-6-18/h17-19H,4-16H2,1-3H3,(H2,21,22,23). The van der Waals surface area contributed by atoms with Gasteiger partial charge in [0, 0.05) is 66.2 Å². The van der Waals surface area contributed by atoms with Crippen LogP contribution >= 0.6 is 0 Å². The number of rotatable bonds is 10. The van der Waals surface area contributed by atoms with Gasteiger partial charge in [0.25, 0.3) is 0 Å². The van der Waals surface area contributed by atoms with Crippen LogP contribution in [-0.4, -0.2) is 89.8 Å². The van der Waals surface area contributed by atoms with E-state index in [-0.39, 0.29) is 6.10 Å². The Labute approximate surface area is 165 Å². The molecule has 0 aliphatic carbocycles. The van der Waals surface area contributed by atoms with Gasteiger partial charge in [0.1, 0.15) is 0 Å². The van der Waals surface area contributed by atoms with Crippen molar-refractivity contribution in [3.63, 3.8) is 0 Å². The van der Waals surface area contributed by atoms with E-state index in [1.54, 1.807) is 0 Å². The summed E-state index contributed by atoms with van der Waals surface area (Å²) in [5, 5.41) is 6.75. The SMILES string of the molecule is CN=C(NCCCOCC1CCOCC1)NCC1CN(CC(C)C)CCO1. The Kier molecular flexibility index (Phi) is 11.0. The molecule has 2 saturated heterocycles. The molecule has 0 saturated carbocycles. The summed E-state index contributed by atoms with van der Waals surface area (Å²) in [4.78, 5) is 6.79. The van der Waals surface area contributed by atoms with E-state index < -0.39 is 0 Å². The van der Waals surface area contributed by atoms with E-state index in [1.165, 1.54) is 0 Å². The molecular formula is C20H40N4O3. The molecule has 7 nitrogen and oxygen atoms in total. The molecular weight excluding hydrogens is 344 g/mol. The van der Waals surface area contributed by atoms with Crippen LogP contribution in [0.1, 0.15) is 33.1 Å². The predicted molar refractivity (Wildman–Crippen MR) is 109 cm³/mol. The monoisotopic (exact) mass is 384 g/mol. The topological polar surface area (TPSA) is 67.4 Å². The summed E-state index contributed by atoms with van der Waals surface area (Å²) in [6.45, 7) is 13.6. The third-order valence-electron chi connectivity index (χ3n) is 5.02. The molecule has 7 heteroatoms. The maximum atomic E-state index is 5.88. The van der Waals surface area contributed by atoms with Gasteiger partial charge in [-0.2, -0.15) is 0 Å². The third kappa shape index (κ3) is 9.74. The second kappa shape index (κ2) is 13.3. The molecule has 27 heavy (non-hydrogen) atoms. The molecule has 0 amide bonds. The van der Waals surface area contributed by atoms with Crippen LogP contribution in [-0.2, 0) is 14.2 Å². The molecule has 0 aromatic carbocycles. The van der Waals surface area contributed by atoms with E-state index in [0.29, 0.717) is 11.8 Å². The summed E-state index contributed by atoms with van der Waals surface area (Å²) in [7, 11) is 1.81.